The Hall–Kier alpha value is -0.950. The minimum atomic E-state index is -3.44. The second-order valence-corrected chi connectivity index (χ2v) is 6.44. The topological polar surface area (TPSA) is 81.4 Å². The van der Waals surface area contributed by atoms with Gasteiger partial charge in [0, 0.05) is 13.2 Å². The zero-order chi connectivity index (χ0) is 13.7. The molecule has 1 unspecified atom stereocenters. The third-order valence-electron chi connectivity index (χ3n) is 3.19. The summed E-state index contributed by atoms with van der Waals surface area (Å²) >= 11 is 0. The van der Waals surface area contributed by atoms with E-state index in [2.05, 4.69) is 4.72 Å². The normalized spacial score (nSPS) is 19.7. The van der Waals surface area contributed by atoms with Crippen molar-refractivity contribution in [2.75, 3.05) is 19.7 Å². The Morgan fingerprint density at radius 2 is 2.05 bits per heavy atom. The van der Waals surface area contributed by atoms with Crippen molar-refractivity contribution in [3.05, 3.63) is 29.8 Å². The van der Waals surface area contributed by atoms with Gasteiger partial charge < -0.3 is 10.5 Å². The predicted molar refractivity (Wildman–Crippen MR) is 73.4 cm³/mol. The van der Waals surface area contributed by atoms with Crippen LogP contribution in [0.25, 0.3) is 0 Å². The molecule has 2 rings (SSSR count). The van der Waals surface area contributed by atoms with Gasteiger partial charge in [-0.3, -0.25) is 0 Å². The first-order valence-electron chi connectivity index (χ1n) is 6.52. The van der Waals surface area contributed by atoms with E-state index in [1.165, 1.54) is 0 Å². The summed E-state index contributed by atoms with van der Waals surface area (Å²) in [6.07, 6.45) is 2.67. The number of nitrogens with two attached hydrogens (primary N) is 1. The van der Waals surface area contributed by atoms with Gasteiger partial charge >= 0.3 is 0 Å². The molecule has 106 valence electrons. The van der Waals surface area contributed by atoms with Crippen molar-refractivity contribution in [3.8, 4) is 0 Å². The molecule has 1 aliphatic heterocycles. The van der Waals surface area contributed by atoms with Gasteiger partial charge in [0.05, 0.1) is 11.0 Å². The van der Waals surface area contributed by atoms with E-state index in [0.717, 1.165) is 31.4 Å². The van der Waals surface area contributed by atoms with Crippen LogP contribution in [-0.4, -0.2) is 34.2 Å². The Balaban J connectivity index is 1.97. The fourth-order valence-corrected chi connectivity index (χ4v) is 3.16. The third-order valence-corrected chi connectivity index (χ3v) is 4.63. The molecule has 1 aromatic carbocycles. The van der Waals surface area contributed by atoms with Crippen LogP contribution in [0.15, 0.2) is 29.2 Å². The first kappa shape index (κ1) is 14.5. The van der Waals surface area contributed by atoms with Gasteiger partial charge in [0.15, 0.2) is 0 Å². The number of sulfonamides is 1. The first-order valence-corrected chi connectivity index (χ1v) is 8.00. The second-order valence-electron chi connectivity index (χ2n) is 4.67. The minimum Gasteiger partial charge on any atom is -0.377 e. The average Bonchev–Trinajstić information content (AvgIpc) is 2.91. The summed E-state index contributed by atoms with van der Waals surface area (Å²) in [7, 11) is -3.44. The van der Waals surface area contributed by atoms with Crippen LogP contribution in [0.3, 0.4) is 0 Å². The van der Waals surface area contributed by atoms with Crippen molar-refractivity contribution >= 4 is 10.0 Å². The smallest absolute Gasteiger partial charge is 0.240 e. The Labute approximate surface area is 114 Å². The maximum Gasteiger partial charge on any atom is 0.240 e. The summed E-state index contributed by atoms with van der Waals surface area (Å²) in [5.74, 6) is 0. The lowest BCUT2D eigenvalue weighted by Crippen LogP contribution is -2.31. The fourth-order valence-electron chi connectivity index (χ4n) is 2.09. The van der Waals surface area contributed by atoms with Gasteiger partial charge in [0.1, 0.15) is 0 Å². The first-order chi connectivity index (χ1) is 9.12. The molecule has 0 bridgehead atoms. The van der Waals surface area contributed by atoms with Crippen LogP contribution in [-0.2, 0) is 21.2 Å². The van der Waals surface area contributed by atoms with E-state index in [9.17, 15) is 8.42 Å². The molecular formula is C13H20N2O3S. The Bertz CT molecular complexity index is 493. The Morgan fingerprint density at radius 1 is 1.32 bits per heavy atom. The van der Waals surface area contributed by atoms with E-state index < -0.39 is 10.0 Å². The highest BCUT2D eigenvalue weighted by molar-refractivity contribution is 7.89. The van der Waals surface area contributed by atoms with E-state index in [1.54, 1.807) is 24.3 Å². The zero-order valence-electron chi connectivity index (χ0n) is 10.8. The molecule has 0 aromatic heterocycles. The molecule has 1 aliphatic rings. The number of hydrogen-bond acceptors (Lipinski definition) is 4. The maximum atomic E-state index is 12.1. The summed E-state index contributed by atoms with van der Waals surface area (Å²) in [6.45, 7) is 1.62. The fraction of sp³-hybridized carbons (Fsp3) is 0.538. The van der Waals surface area contributed by atoms with E-state index in [1.807, 2.05) is 0 Å². The molecule has 1 heterocycles. The third kappa shape index (κ3) is 4.01. The largest absolute Gasteiger partial charge is 0.377 e. The molecule has 0 saturated carbocycles. The summed E-state index contributed by atoms with van der Waals surface area (Å²) in [5.41, 5.74) is 6.50. The predicted octanol–water partition coefficient (Wildman–Crippen LogP) is 0.645. The number of hydrogen-bond donors (Lipinski definition) is 2. The lowest BCUT2D eigenvalue weighted by molar-refractivity contribution is 0.114. The van der Waals surface area contributed by atoms with Crippen molar-refractivity contribution in [3.63, 3.8) is 0 Å². The van der Waals surface area contributed by atoms with Gasteiger partial charge in [-0.25, -0.2) is 13.1 Å². The van der Waals surface area contributed by atoms with E-state index >= 15 is 0 Å². The van der Waals surface area contributed by atoms with Gasteiger partial charge in [-0.15, -0.1) is 0 Å². The number of rotatable bonds is 6. The summed E-state index contributed by atoms with van der Waals surface area (Å²) < 4.78 is 32.1. The van der Waals surface area contributed by atoms with Gasteiger partial charge in [-0.2, -0.15) is 0 Å². The second kappa shape index (κ2) is 6.47. The van der Waals surface area contributed by atoms with Crippen LogP contribution in [0.1, 0.15) is 18.4 Å². The van der Waals surface area contributed by atoms with Crippen molar-refractivity contribution in [2.45, 2.75) is 30.3 Å². The van der Waals surface area contributed by atoms with Gasteiger partial charge in [-0.05, 0) is 43.5 Å². The number of benzene rings is 1. The van der Waals surface area contributed by atoms with Crippen LogP contribution in [0.2, 0.25) is 0 Å². The molecule has 1 saturated heterocycles. The van der Waals surface area contributed by atoms with Gasteiger partial charge in [0.2, 0.25) is 10.0 Å². The monoisotopic (exact) mass is 284 g/mol. The van der Waals surface area contributed by atoms with Crippen molar-refractivity contribution in [1.82, 2.24) is 4.72 Å². The molecule has 0 amide bonds. The molecule has 5 nitrogen and oxygen atoms in total. The summed E-state index contributed by atoms with van der Waals surface area (Å²) in [6, 6.07) is 6.83. The molecule has 1 atom stereocenters. The lowest BCUT2D eigenvalue weighted by Gasteiger charge is -2.11. The van der Waals surface area contributed by atoms with Crippen LogP contribution < -0.4 is 10.5 Å². The molecule has 6 heteroatoms. The molecule has 19 heavy (non-hydrogen) atoms. The Kier molecular flexibility index (Phi) is 4.93. The zero-order valence-corrected chi connectivity index (χ0v) is 11.7. The number of ether oxygens (including phenoxy) is 1. The van der Waals surface area contributed by atoms with Crippen molar-refractivity contribution in [2.24, 2.45) is 5.73 Å². The molecule has 1 fully saturated rings. The number of nitrogens with one attached hydrogen (secondary N) is 1. The molecule has 0 aliphatic carbocycles. The van der Waals surface area contributed by atoms with Crippen LogP contribution >= 0.6 is 0 Å². The standard InChI is InChI=1S/C13H20N2O3S/c14-8-7-11-3-5-13(6-4-11)19(16,17)15-10-12-2-1-9-18-12/h3-6,12,15H,1-2,7-10,14H2. The lowest BCUT2D eigenvalue weighted by atomic mass is 10.2. The summed E-state index contributed by atoms with van der Waals surface area (Å²) in [5, 5.41) is 0. The summed E-state index contributed by atoms with van der Waals surface area (Å²) in [4.78, 5) is 0.284. The molecule has 3 N–H and O–H groups in total. The van der Waals surface area contributed by atoms with Gasteiger partial charge in [0.25, 0.3) is 0 Å². The molecule has 0 spiro atoms. The maximum absolute atomic E-state index is 12.1. The average molecular weight is 284 g/mol. The molecular weight excluding hydrogens is 264 g/mol. The van der Waals surface area contributed by atoms with Crippen LogP contribution in [0.5, 0.6) is 0 Å². The SMILES string of the molecule is NCCc1ccc(S(=O)(=O)NCC2CCCO2)cc1. The van der Waals surface area contributed by atoms with Crippen LogP contribution in [0, 0.1) is 0 Å². The van der Waals surface area contributed by atoms with E-state index in [0.29, 0.717) is 13.1 Å². The van der Waals surface area contributed by atoms with E-state index in [4.69, 9.17) is 10.5 Å². The van der Waals surface area contributed by atoms with Gasteiger partial charge in [-0.1, -0.05) is 12.1 Å². The molecule has 1 aromatic rings. The van der Waals surface area contributed by atoms with Crippen molar-refractivity contribution < 1.29 is 13.2 Å². The quantitative estimate of drug-likeness (QED) is 0.803. The molecule has 0 radical (unpaired) electrons. The Morgan fingerprint density at radius 3 is 2.63 bits per heavy atom. The van der Waals surface area contributed by atoms with Crippen LogP contribution in [0.4, 0.5) is 0 Å². The highest BCUT2D eigenvalue weighted by atomic mass is 32.2. The van der Waals surface area contributed by atoms with E-state index in [-0.39, 0.29) is 11.0 Å². The highest BCUT2D eigenvalue weighted by Crippen LogP contribution is 2.14. The van der Waals surface area contributed by atoms with Crippen molar-refractivity contribution in [1.29, 1.82) is 0 Å². The highest BCUT2D eigenvalue weighted by Gasteiger charge is 2.20. The minimum absolute atomic E-state index is 0.00582.